The number of aliphatic hydroxyl groups excluding tert-OH is 4. The molecule has 0 radical (unpaired) electrons. The molecule has 0 saturated heterocycles. The fourth-order valence-electron chi connectivity index (χ4n) is 0.995. The maximum Gasteiger partial charge on any atom is 0.477 e. The molecule has 14 heteroatoms. The minimum absolute atomic E-state index is 1.12. The minimum atomic E-state index is -5.79. The van der Waals surface area contributed by atoms with Crippen LogP contribution in [0.25, 0.3) is 0 Å². The smallest absolute Gasteiger partial charge is 0.394 e. The van der Waals surface area contributed by atoms with Gasteiger partial charge in [-0.15, -0.1) is 0 Å². The highest BCUT2D eigenvalue weighted by Gasteiger charge is 2.47. The Bertz CT molecular complexity index is 435. The summed E-state index contributed by atoms with van der Waals surface area (Å²) >= 11 is 0. The van der Waals surface area contributed by atoms with Crippen LogP contribution in [0.4, 0.5) is 4.39 Å². The zero-order valence-corrected chi connectivity index (χ0v) is 11.3. The average molecular weight is 342 g/mol. The number of carbonyl (C=O) groups is 1. The van der Waals surface area contributed by atoms with Crippen LogP contribution in [0.1, 0.15) is 0 Å². The number of rotatable bonds is 8. The van der Waals surface area contributed by atoms with Crippen LogP contribution < -0.4 is 0 Å². The fraction of sp³-hybridized carbons (Fsp3) is 0.833. The molecule has 1 unspecified atom stereocenters. The first-order valence-electron chi connectivity index (χ1n) is 4.76. The Kier molecular flexibility index (Phi) is 7.05. The van der Waals surface area contributed by atoms with Crippen LogP contribution in [-0.2, 0) is 18.2 Å². The second-order valence-corrected chi connectivity index (χ2v) is 6.68. The average Bonchev–Trinajstić information content (AvgIpc) is 2.31. The third kappa shape index (κ3) is 5.62. The summed E-state index contributed by atoms with van der Waals surface area (Å²) in [6, 6.07) is 0. The molecule has 0 aliphatic carbocycles. The second-order valence-electron chi connectivity index (χ2n) is 3.56. The molecular formula is C6H13FO11P2. The topological polar surface area (TPSA) is 202 Å². The van der Waals surface area contributed by atoms with Crippen molar-refractivity contribution >= 4 is 20.9 Å². The van der Waals surface area contributed by atoms with Gasteiger partial charge in [0.25, 0.3) is 5.52 Å². The van der Waals surface area contributed by atoms with Crippen molar-refractivity contribution in [1.29, 1.82) is 0 Å². The molecule has 11 nitrogen and oxygen atoms in total. The SMILES string of the molecule is O=C([C@H](F)[C@@H](O)[C@H](O)[C@H](O)CO)P(=O)(O)OP(=O)(O)O. The van der Waals surface area contributed by atoms with Crippen LogP contribution in [0.5, 0.6) is 0 Å². The molecule has 0 aromatic rings. The minimum Gasteiger partial charge on any atom is -0.394 e. The fourth-order valence-corrected chi connectivity index (χ4v) is 2.93. The molecular weight excluding hydrogens is 329 g/mol. The summed E-state index contributed by atoms with van der Waals surface area (Å²) < 4.78 is 38.0. The largest absolute Gasteiger partial charge is 0.477 e. The van der Waals surface area contributed by atoms with Crippen molar-refractivity contribution in [3.8, 4) is 0 Å². The molecule has 7 N–H and O–H groups in total. The molecule has 0 rings (SSSR count). The van der Waals surface area contributed by atoms with Crippen molar-refractivity contribution in [1.82, 2.24) is 0 Å². The summed E-state index contributed by atoms with van der Waals surface area (Å²) in [6.07, 6.45) is -10.5. The molecule has 0 aliphatic heterocycles. The van der Waals surface area contributed by atoms with Gasteiger partial charge in [0.2, 0.25) is 0 Å². The van der Waals surface area contributed by atoms with E-state index in [2.05, 4.69) is 4.31 Å². The van der Waals surface area contributed by atoms with Gasteiger partial charge in [0, 0.05) is 0 Å². The summed E-state index contributed by atoms with van der Waals surface area (Å²) in [5.74, 6) is 0. The van der Waals surface area contributed by atoms with Crippen LogP contribution in [0, 0.1) is 0 Å². The molecule has 0 aromatic carbocycles. The van der Waals surface area contributed by atoms with E-state index in [1.54, 1.807) is 0 Å². The highest BCUT2D eigenvalue weighted by Crippen LogP contribution is 2.58. The van der Waals surface area contributed by atoms with E-state index in [9.17, 15) is 18.3 Å². The third-order valence-corrected chi connectivity index (χ3v) is 4.50. The van der Waals surface area contributed by atoms with Crippen LogP contribution in [0.3, 0.4) is 0 Å². The number of hydrogen-bond acceptors (Lipinski definition) is 8. The molecule has 120 valence electrons. The van der Waals surface area contributed by atoms with Crippen LogP contribution in [0.2, 0.25) is 0 Å². The number of alkyl halides is 1. The summed E-state index contributed by atoms with van der Waals surface area (Å²) in [4.78, 5) is 36.5. The molecule has 5 atom stereocenters. The van der Waals surface area contributed by atoms with Gasteiger partial charge in [0.15, 0.2) is 6.17 Å². The number of hydrogen-bond donors (Lipinski definition) is 7. The first kappa shape index (κ1) is 19.7. The molecule has 0 heterocycles. The first-order valence-corrected chi connectivity index (χ1v) is 7.87. The van der Waals surface area contributed by atoms with Gasteiger partial charge in [0.05, 0.1) is 6.61 Å². The number of carbonyl (C=O) groups excluding carboxylic acids is 1. The monoisotopic (exact) mass is 342 g/mol. The first-order chi connectivity index (χ1) is 8.83. The Balaban J connectivity index is 5.02. The van der Waals surface area contributed by atoms with E-state index in [0.717, 1.165) is 0 Å². The molecule has 0 saturated carbocycles. The van der Waals surface area contributed by atoms with Gasteiger partial charge in [-0.1, -0.05) is 0 Å². The highest BCUT2D eigenvalue weighted by atomic mass is 31.3. The van der Waals surface area contributed by atoms with E-state index < -0.39 is 52.0 Å². The van der Waals surface area contributed by atoms with Crippen LogP contribution in [0.15, 0.2) is 0 Å². The van der Waals surface area contributed by atoms with E-state index in [1.807, 2.05) is 0 Å². The molecule has 0 spiro atoms. The summed E-state index contributed by atoms with van der Waals surface area (Å²) in [5.41, 5.74) is -2.43. The molecule has 0 amide bonds. The lowest BCUT2D eigenvalue weighted by Gasteiger charge is -2.24. The van der Waals surface area contributed by atoms with Crippen LogP contribution in [-0.4, -0.2) is 71.7 Å². The Hall–Kier alpha value is -0.260. The molecule has 0 bridgehead atoms. The number of halogens is 1. The second kappa shape index (κ2) is 7.14. The molecule has 0 aliphatic rings. The van der Waals surface area contributed by atoms with Gasteiger partial charge in [0.1, 0.15) is 18.3 Å². The lowest BCUT2D eigenvalue weighted by atomic mass is 10.1. The Labute approximate surface area is 111 Å². The Morgan fingerprint density at radius 3 is 1.90 bits per heavy atom. The summed E-state index contributed by atoms with van der Waals surface area (Å²) in [6.45, 7) is -1.12. The Morgan fingerprint density at radius 2 is 1.55 bits per heavy atom. The predicted octanol–water partition coefficient (Wildman–Crippen LogP) is -2.78. The summed E-state index contributed by atoms with van der Waals surface area (Å²) in [5, 5.41) is 35.5. The number of phosphoric acid groups is 1. The van der Waals surface area contributed by atoms with Gasteiger partial charge >= 0.3 is 15.4 Å². The van der Waals surface area contributed by atoms with Crippen LogP contribution >= 0.6 is 15.4 Å². The zero-order valence-electron chi connectivity index (χ0n) is 9.55. The van der Waals surface area contributed by atoms with Crippen molar-refractivity contribution in [2.75, 3.05) is 6.61 Å². The zero-order chi connectivity index (χ0) is 16.3. The van der Waals surface area contributed by atoms with Crippen molar-refractivity contribution in [2.24, 2.45) is 0 Å². The number of aliphatic hydroxyl groups is 4. The maximum atomic E-state index is 13.4. The van der Waals surface area contributed by atoms with Gasteiger partial charge < -0.3 is 35.1 Å². The van der Waals surface area contributed by atoms with E-state index in [0.29, 0.717) is 0 Å². The van der Waals surface area contributed by atoms with Gasteiger partial charge in [-0.25, -0.2) is 13.3 Å². The Morgan fingerprint density at radius 1 is 1.10 bits per heavy atom. The van der Waals surface area contributed by atoms with Crippen molar-refractivity contribution in [2.45, 2.75) is 24.5 Å². The third-order valence-electron chi connectivity index (χ3n) is 1.96. The van der Waals surface area contributed by atoms with Gasteiger partial charge in [-0.05, 0) is 0 Å². The van der Waals surface area contributed by atoms with E-state index in [4.69, 9.17) is 35.1 Å². The van der Waals surface area contributed by atoms with E-state index in [1.165, 1.54) is 0 Å². The highest BCUT2D eigenvalue weighted by molar-refractivity contribution is 7.76. The van der Waals surface area contributed by atoms with Crippen molar-refractivity contribution in [3.63, 3.8) is 0 Å². The standard InChI is InChI=1S/C6H13FO11P2/c7-3(5(11)4(10)2(9)1-8)6(12)19(13,14)18-20(15,16)17/h2-5,8-11H,1H2,(H,13,14)(H2,15,16,17)/t2-,3-,4-,5-/m1/s1. The predicted molar refractivity (Wildman–Crippen MR) is 58.0 cm³/mol. The molecule has 0 fully saturated rings. The lowest BCUT2D eigenvalue weighted by molar-refractivity contribution is -0.132. The van der Waals surface area contributed by atoms with Gasteiger partial charge in [-0.3, -0.25) is 9.36 Å². The van der Waals surface area contributed by atoms with E-state index in [-0.39, 0.29) is 0 Å². The van der Waals surface area contributed by atoms with Crippen molar-refractivity contribution < 1.29 is 57.7 Å². The maximum absolute atomic E-state index is 13.4. The lowest BCUT2D eigenvalue weighted by Crippen LogP contribution is -2.46. The quantitative estimate of drug-likeness (QED) is 0.225. The van der Waals surface area contributed by atoms with Crippen molar-refractivity contribution in [3.05, 3.63) is 0 Å². The molecule has 0 aromatic heterocycles. The van der Waals surface area contributed by atoms with E-state index >= 15 is 0 Å². The normalized spacial score (nSPS) is 21.6. The summed E-state index contributed by atoms with van der Waals surface area (Å²) in [7, 11) is -11.4. The van der Waals surface area contributed by atoms with Gasteiger partial charge in [-0.2, -0.15) is 0 Å². The molecule has 20 heavy (non-hydrogen) atoms.